The highest BCUT2D eigenvalue weighted by Crippen LogP contribution is 2.12. The van der Waals surface area contributed by atoms with Crippen LogP contribution in [-0.2, 0) is 32.0 Å². The number of benzene rings is 1. The lowest BCUT2D eigenvalue weighted by molar-refractivity contribution is -0.142. The number of amides is 3. The molecule has 3 amide bonds. The molecule has 1 fully saturated rings. The van der Waals surface area contributed by atoms with Crippen molar-refractivity contribution in [2.24, 2.45) is 0 Å². The summed E-state index contributed by atoms with van der Waals surface area (Å²) in [4.78, 5) is 57.1. The minimum Gasteiger partial charge on any atom is -0.508 e. The molecule has 1 aromatic heterocycles. The number of rotatable bonds is 12. The second-order valence-corrected chi connectivity index (χ2v) is 8.87. The first-order valence-electron chi connectivity index (χ1n) is 11.5. The Bertz CT molecular complexity index is 1040. The topological polar surface area (TPSA) is 186 Å². The zero-order valence-electron chi connectivity index (χ0n) is 19.4. The van der Waals surface area contributed by atoms with Crippen molar-refractivity contribution in [2.45, 2.75) is 49.9 Å². The van der Waals surface area contributed by atoms with E-state index in [1.165, 1.54) is 24.7 Å². The third-order valence-electron chi connectivity index (χ3n) is 5.79. The quantitative estimate of drug-likeness (QED) is 0.166. The van der Waals surface area contributed by atoms with Gasteiger partial charge in [0.1, 0.15) is 23.9 Å². The lowest BCUT2D eigenvalue weighted by atomic mass is 10.0. The maximum absolute atomic E-state index is 13.2. The maximum atomic E-state index is 13.2. The van der Waals surface area contributed by atoms with E-state index in [2.05, 4.69) is 43.9 Å². The molecule has 2 heterocycles. The first-order valence-corrected chi connectivity index (χ1v) is 12.1. The molecule has 4 atom stereocenters. The molecule has 0 bridgehead atoms. The summed E-state index contributed by atoms with van der Waals surface area (Å²) in [5.41, 5.74) is 1.13. The molecule has 3 rings (SSSR count). The minimum atomic E-state index is -1.27. The number of carboxylic acid groups (broad SMARTS) is 1. The van der Waals surface area contributed by atoms with Gasteiger partial charge in [0.15, 0.2) is 0 Å². The fourth-order valence-corrected chi connectivity index (χ4v) is 4.07. The number of nitrogens with zero attached hydrogens (tertiary/aromatic N) is 1. The van der Waals surface area contributed by atoms with Crippen LogP contribution in [0.3, 0.4) is 0 Å². The van der Waals surface area contributed by atoms with E-state index < -0.39 is 42.0 Å². The van der Waals surface area contributed by atoms with Gasteiger partial charge in [-0.3, -0.25) is 14.4 Å². The molecule has 194 valence electrons. The van der Waals surface area contributed by atoms with E-state index in [0.29, 0.717) is 24.2 Å². The molecule has 1 aliphatic heterocycles. The molecule has 12 nitrogen and oxygen atoms in total. The number of phenols is 1. The van der Waals surface area contributed by atoms with Crippen LogP contribution in [0.25, 0.3) is 0 Å². The molecule has 7 N–H and O–H groups in total. The normalized spacial score (nSPS) is 17.5. The monoisotopic (exact) mass is 518 g/mol. The van der Waals surface area contributed by atoms with E-state index in [9.17, 15) is 29.4 Å². The predicted octanol–water partition coefficient (Wildman–Crippen LogP) is -0.879. The molecule has 1 aromatic carbocycles. The molecule has 2 aromatic rings. The number of aromatic hydroxyl groups is 1. The van der Waals surface area contributed by atoms with Crippen LogP contribution < -0.4 is 21.3 Å². The number of hydrogen-bond acceptors (Lipinski definition) is 8. The fraction of sp³-hybridized carbons (Fsp3) is 0.435. The van der Waals surface area contributed by atoms with Crippen molar-refractivity contribution < 1.29 is 29.4 Å². The standard InChI is InChI=1S/C23H30N6O6S/c30-15-5-3-13(4-6-15)8-17(21(32)28-18(23(34)35)9-14-10-24-12-26-14)27-22(33)19(11-36)29-20(31)16-2-1-7-25-16/h3-6,10,12,16-19,25,30,36H,1-2,7-9,11H2,(H,24,26)(H,27,33)(H,28,32)(H,29,31)(H,34,35). The van der Waals surface area contributed by atoms with Crippen molar-refractivity contribution in [2.75, 3.05) is 12.3 Å². The molecule has 4 unspecified atom stereocenters. The van der Waals surface area contributed by atoms with Gasteiger partial charge in [-0.2, -0.15) is 12.6 Å². The maximum Gasteiger partial charge on any atom is 0.326 e. The molecule has 0 aliphatic carbocycles. The summed E-state index contributed by atoms with van der Waals surface area (Å²) in [7, 11) is 0. The van der Waals surface area contributed by atoms with Crippen molar-refractivity contribution >= 4 is 36.3 Å². The zero-order valence-corrected chi connectivity index (χ0v) is 20.3. The third-order valence-corrected chi connectivity index (χ3v) is 6.16. The molecule has 0 radical (unpaired) electrons. The van der Waals surface area contributed by atoms with E-state index in [4.69, 9.17) is 0 Å². The summed E-state index contributed by atoms with van der Waals surface area (Å²) in [6.45, 7) is 0.716. The van der Waals surface area contributed by atoms with Crippen LogP contribution in [0, 0.1) is 0 Å². The summed E-state index contributed by atoms with van der Waals surface area (Å²) < 4.78 is 0. The number of thiol groups is 1. The van der Waals surface area contributed by atoms with E-state index in [-0.39, 0.29) is 30.3 Å². The van der Waals surface area contributed by atoms with E-state index in [1.54, 1.807) is 12.1 Å². The number of carboxylic acids is 1. The van der Waals surface area contributed by atoms with Crippen LogP contribution in [0.15, 0.2) is 36.8 Å². The van der Waals surface area contributed by atoms with Gasteiger partial charge < -0.3 is 36.5 Å². The Kier molecular flexibility index (Phi) is 9.70. The molecular formula is C23H30N6O6S. The van der Waals surface area contributed by atoms with Gasteiger partial charge in [-0.05, 0) is 37.1 Å². The summed E-state index contributed by atoms with van der Waals surface area (Å²) in [5.74, 6) is -2.90. The Balaban J connectivity index is 1.73. The number of aromatic amines is 1. The summed E-state index contributed by atoms with van der Waals surface area (Å²) in [6.07, 6.45) is 4.35. The van der Waals surface area contributed by atoms with Crippen LogP contribution in [0.5, 0.6) is 5.75 Å². The highest BCUT2D eigenvalue weighted by molar-refractivity contribution is 7.80. The minimum absolute atomic E-state index is 0.00455. The van der Waals surface area contributed by atoms with Gasteiger partial charge in [0.2, 0.25) is 17.7 Å². The Labute approximate surface area is 213 Å². The van der Waals surface area contributed by atoms with Gasteiger partial charge in [-0.1, -0.05) is 12.1 Å². The number of imidazole rings is 1. The second kappa shape index (κ2) is 12.9. The van der Waals surface area contributed by atoms with E-state index >= 15 is 0 Å². The van der Waals surface area contributed by atoms with E-state index in [0.717, 1.165) is 6.42 Å². The molecule has 13 heteroatoms. The third kappa shape index (κ3) is 7.71. The zero-order chi connectivity index (χ0) is 26.1. The highest BCUT2D eigenvalue weighted by Gasteiger charge is 2.31. The van der Waals surface area contributed by atoms with Crippen LogP contribution in [0.1, 0.15) is 24.1 Å². The Hall–Kier alpha value is -3.58. The van der Waals surface area contributed by atoms with Gasteiger partial charge in [0.25, 0.3) is 0 Å². The second-order valence-electron chi connectivity index (χ2n) is 8.50. The Morgan fingerprint density at radius 3 is 2.31 bits per heavy atom. The van der Waals surface area contributed by atoms with Crippen molar-refractivity contribution in [3.8, 4) is 5.75 Å². The molecular weight excluding hydrogens is 488 g/mol. The number of aromatic nitrogens is 2. The summed E-state index contributed by atoms with van der Waals surface area (Å²) in [6, 6.07) is 2.23. The first kappa shape index (κ1) is 27.0. The number of hydrogen-bond donors (Lipinski definition) is 8. The van der Waals surface area contributed by atoms with Crippen LogP contribution in [-0.4, -0.2) is 80.3 Å². The van der Waals surface area contributed by atoms with Gasteiger partial charge in [0.05, 0.1) is 12.4 Å². The van der Waals surface area contributed by atoms with Crippen LogP contribution in [0.4, 0.5) is 0 Å². The first-order chi connectivity index (χ1) is 17.3. The van der Waals surface area contributed by atoms with Crippen molar-refractivity contribution in [3.63, 3.8) is 0 Å². The van der Waals surface area contributed by atoms with Crippen molar-refractivity contribution in [3.05, 3.63) is 48.0 Å². The largest absolute Gasteiger partial charge is 0.508 e. The molecule has 0 saturated carbocycles. The Morgan fingerprint density at radius 1 is 1.03 bits per heavy atom. The van der Waals surface area contributed by atoms with Gasteiger partial charge in [0, 0.05) is 30.5 Å². The lowest BCUT2D eigenvalue weighted by Gasteiger charge is -2.24. The number of aliphatic carboxylic acids is 1. The number of H-pyrrole nitrogens is 1. The lowest BCUT2D eigenvalue weighted by Crippen LogP contribution is -2.58. The smallest absolute Gasteiger partial charge is 0.326 e. The van der Waals surface area contributed by atoms with Crippen molar-refractivity contribution in [1.29, 1.82) is 0 Å². The van der Waals surface area contributed by atoms with Crippen LogP contribution >= 0.6 is 12.6 Å². The number of phenolic OH excluding ortho intramolecular Hbond substituents is 1. The average molecular weight is 519 g/mol. The van der Waals surface area contributed by atoms with Gasteiger partial charge >= 0.3 is 5.97 Å². The molecule has 1 saturated heterocycles. The van der Waals surface area contributed by atoms with Gasteiger partial charge in [-0.25, -0.2) is 9.78 Å². The molecule has 36 heavy (non-hydrogen) atoms. The van der Waals surface area contributed by atoms with Crippen molar-refractivity contribution in [1.82, 2.24) is 31.2 Å². The number of nitrogens with one attached hydrogen (secondary N) is 5. The van der Waals surface area contributed by atoms with E-state index in [1.807, 2.05) is 0 Å². The number of carbonyl (C=O) groups is 4. The SMILES string of the molecule is O=C(O)C(Cc1cnc[nH]1)NC(=O)C(Cc1ccc(O)cc1)NC(=O)C(CS)NC(=O)C1CCCN1. The van der Waals surface area contributed by atoms with Crippen LogP contribution in [0.2, 0.25) is 0 Å². The summed E-state index contributed by atoms with van der Waals surface area (Å²) in [5, 5.41) is 30.0. The highest BCUT2D eigenvalue weighted by atomic mass is 32.1. The molecule has 1 aliphatic rings. The Morgan fingerprint density at radius 2 is 1.72 bits per heavy atom. The van der Waals surface area contributed by atoms with Gasteiger partial charge in [-0.15, -0.1) is 0 Å². The molecule has 0 spiro atoms. The number of carbonyl (C=O) groups excluding carboxylic acids is 3. The average Bonchev–Trinajstić information content (AvgIpc) is 3.57. The summed E-state index contributed by atoms with van der Waals surface area (Å²) >= 11 is 4.18. The predicted molar refractivity (Wildman–Crippen MR) is 132 cm³/mol. The fourth-order valence-electron chi connectivity index (χ4n) is 3.81.